The lowest BCUT2D eigenvalue weighted by Crippen LogP contribution is -2.14. The zero-order valence-electron chi connectivity index (χ0n) is 9.49. The minimum atomic E-state index is 0.0379. The number of aromatic nitrogens is 2. The van der Waals surface area contributed by atoms with Gasteiger partial charge in [0, 0.05) is 16.4 Å². The number of nitrogens with zero attached hydrogens (tertiary/aromatic N) is 2. The van der Waals surface area contributed by atoms with Gasteiger partial charge in [-0.1, -0.05) is 20.8 Å². The molecule has 84 valence electrons. The van der Waals surface area contributed by atoms with E-state index in [2.05, 4.69) is 69.6 Å². The molecule has 2 aromatic heterocycles. The van der Waals surface area contributed by atoms with Crippen LogP contribution in [0.2, 0.25) is 0 Å². The summed E-state index contributed by atoms with van der Waals surface area (Å²) in [5.74, 6) is 0. The molecular formula is C12H13BrN2S. The summed E-state index contributed by atoms with van der Waals surface area (Å²) >= 11 is 5.05. The quantitative estimate of drug-likeness (QED) is 0.735. The van der Waals surface area contributed by atoms with E-state index < -0.39 is 0 Å². The minimum Gasteiger partial charge on any atom is -0.227 e. The fourth-order valence-electron chi connectivity index (χ4n) is 1.36. The second kappa shape index (κ2) is 4.26. The number of rotatable bonds is 1. The van der Waals surface area contributed by atoms with Crippen LogP contribution >= 0.6 is 27.3 Å². The lowest BCUT2D eigenvalue weighted by Gasteiger charge is -2.18. The van der Waals surface area contributed by atoms with E-state index in [0.29, 0.717) is 4.73 Å². The van der Waals surface area contributed by atoms with Crippen molar-refractivity contribution in [2.75, 3.05) is 0 Å². The highest BCUT2D eigenvalue weighted by atomic mass is 79.9. The molecule has 0 saturated carbocycles. The Morgan fingerprint density at radius 3 is 2.56 bits per heavy atom. The first-order valence-electron chi connectivity index (χ1n) is 5.04. The maximum Gasteiger partial charge on any atom is 0.197 e. The first-order valence-corrected chi connectivity index (χ1v) is 6.78. The van der Waals surface area contributed by atoms with Crippen molar-refractivity contribution in [1.82, 2.24) is 9.97 Å². The van der Waals surface area contributed by atoms with E-state index in [0.717, 1.165) is 17.0 Å². The molecule has 4 heteroatoms. The fourth-order valence-corrected chi connectivity index (χ4v) is 2.39. The zero-order valence-corrected chi connectivity index (χ0v) is 11.9. The monoisotopic (exact) mass is 296 g/mol. The maximum absolute atomic E-state index is 4.42. The van der Waals surface area contributed by atoms with Crippen LogP contribution in [0.15, 0.2) is 27.6 Å². The van der Waals surface area contributed by atoms with Gasteiger partial charge in [0.25, 0.3) is 0 Å². The molecule has 2 nitrogen and oxygen atoms in total. The molecule has 0 spiro atoms. The molecular weight excluding hydrogens is 284 g/mol. The Hall–Kier alpha value is -0.740. The molecule has 0 bridgehead atoms. The van der Waals surface area contributed by atoms with Crippen molar-refractivity contribution < 1.29 is 0 Å². The summed E-state index contributed by atoms with van der Waals surface area (Å²) in [7, 11) is 0. The van der Waals surface area contributed by atoms with Gasteiger partial charge < -0.3 is 0 Å². The van der Waals surface area contributed by atoms with Crippen LogP contribution in [0.25, 0.3) is 11.3 Å². The van der Waals surface area contributed by atoms with Crippen LogP contribution in [0.4, 0.5) is 0 Å². The van der Waals surface area contributed by atoms with Gasteiger partial charge >= 0.3 is 0 Å². The van der Waals surface area contributed by atoms with Gasteiger partial charge in [-0.15, -0.1) is 0 Å². The maximum atomic E-state index is 4.42. The number of thiophene rings is 1. The third-order valence-electron chi connectivity index (χ3n) is 2.28. The third-order valence-corrected chi connectivity index (χ3v) is 3.32. The van der Waals surface area contributed by atoms with Gasteiger partial charge in [-0.25, -0.2) is 9.97 Å². The van der Waals surface area contributed by atoms with Crippen LogP contribution < -0.4 is 0 Å². The van der Waals surface area contributed by atoms with Gasteiger partial charge in [-0.3, -0.25) is 0 Å². The highest BCUT2D eigenvalue weighted by Crippen LogP contribution is 2.27. The summed E-state index contributed by atoms with van der Waals surface area (Å²) in [6, 6.07) is 4.14. The Morgan fingerprint density at radius 2 is 2.00 bits per heavy atom. The van der Waals surface area contributed by atoms with Gasteiger partial charge in [-0.2, -0.15) is 11.3 Å². The van der Waals surface area contributed by atoms with Crippen LogP contribution in [0.3, 0.4) is 0 Å². The highest BCUT2D eigenvalue weighted by Gasteiger charge is 2.17. The zero-order chi connectivity index (χ0) is 11.8. The molecule has 0 amide bonds. The van der Waals surface area contributed by atoms with Crippen molar-refractivity contribution in [2.24, 2.45) is 0 Å². The molecule has 2 rings (SSSR count). The van der Waals surface area contributed by atoms with E-state index in [9.17, 15) is 0 Å². The summed E-state index contributed by atoms with van der Waals surface area (Å²) in [6.45, 7) is 6.46. The average Bonchev–Trinajstić information content (AvgIpc) is 2.68. The van der Waals surface area contributed by atoms with Gasteiger partial charge in [-0.05, 0) is 33.4 Å². The number of hydrogen-bond acceptors (Lipinski definition) is 3. The van der Waals surface area contributed by atoms with E-state index in [1.54, 1.807) is 11.3 Å². The standard InChI is InChI=1S/C12H13BrN2S/c1-12(2,3)10-6-9(14-11(13)15-10)8-4-5-16-7-8/h4-7H,1-3H3. The second-order valence-corrected chi connectivity index (χ2v) is 6.16. The summed E-state index contributed by atoms with van der Waals surface area (Å²) in [6.07, 6.45) is 0. The molecule has 2 heterocycles. The molecule has 0 fully saturated rings. The van der Waals surface area contributed by atoms with Gasteiger partial charge in [0.05, 0.1) is 11.4 Å². The Bertz CT molecular complexity index is 486. The van der Waals surface area contributed by atoms with Crippen molar-refractivity contribution >= 4 is 27.3 Å². The van der Waals surface area contributed by atoms with Crippen molar-refractivity contribution in [1.29, 1.82) is 0 Å². The van der Waals surface area contributed by atoms with E-state index >= 15 is 0 Å². The molecule has 0 aliphatic rings. The molecule has 0 unspecified atom stereocenters. The third kappa shape index (κ3) is 2.50. The smallest absolute Gasteiger partial charge is 0.197 e. The Balaban J connectivity index is 2.53. The molecule has 0 atom stereocenters. The van der Waals surface area contributed by atoms with Crippen molar-refractivity contribution in [3.63, 3.8) is 0 Å². The topological polar surface area (TPSA) is 25.8 Å². The van der Waals surface area contributed by atoms with Crippen LogP contribution in [0.5, 0.6) is 0 Å². The Labute approximate surface area is 108 Å². The van der Waals surface area contributed by atoms with E-state index in [-0.39, 0.29) is 5.41 Å². The first kappa shape index (κ1) is 11.7. The normalized spacial score (nSPS) is 11.8. The van der Waals surface area contributed by atoms with Crippen LogP contribution in [-0.4, -0.2) is 9.97 Å². The lowest BCUT2D eigenvalue weighted by molar-refractivity contribution is 0.565. The minimum absolute atomic E-state index is 0.0379. The molecule has 2 aromatic rings. The molecule has 0 aliphatic heterocycles. The van der Waals surface area contributed by atoms with Crippen LogP contribution in [-0.2, 0) is 5.41 Å². The molecule has 0 aliphatic carbocycles. The average molecular weight is 297 g/mol. The summed E-state index contributed by atoms with van der Waals surface area (Å²) < 4.78 is 0.654. The van der Waals surface area contributed by atoms with Gasteiger partial charge in [0.15, 0.2) is 4.73 Å². The molecule has 0 aromatic carbocycles. The van der Waals surface area contributed by atoms with Crippen molar-refractivity contribution in [3.05, 3.63) is 33.3 Å². The summed E-state index contributed by atoms with van der Waals surface area (Å²) in [5.41, 5.74) is 3.22. The molecule has 0 radical (unpaired) electrons. The SMILES string of the molecule is CC(C)(C)c1cc(-c2ccsc2)nc(Br)n1. The first-order chi connectivity index (χ1) is 7.47. The molecule has 0 N–H and O–H groups in total. The number of hydrogen-bond donors (Lipinski definition) is 0. The second-order valence-electron chi connectivity index (χ2n) is 4.67. The lowest BCUT2D eigenvalue weighted by atomic mass is 9.91. The summed E-state index contributed by atoms with van der Waals surface area (Å²) in [4.78, 5) is 8.83. The van der Waals surface area contributed by atoms with E-state index in [1.807, 2.05) is 0 Å². The molecule has 0 saturated heterocycles. The van der Waals surface area contributed by atoms with Gasteiger partial charge in [0.1, 0.15) is 0 Å². The highest BCUT2D eigenvalue weighted by molar-refractivity contribution is 9.10. The Kier molecular flexibility index (Phi) is 3.13. The Morgan fingerprint density at radius 1 is 1.25 bits per heavy atom. The van der Waals surface area contributed by atoms with E-state index in [4.69, 9.17) is 0 Å². The number of halogens is 1. The molecule has 16 heavy (non-hydrogen) atoms. The van der Waals surface area contributed by atoms with Gasteiger partial charge in [0.2, 0.25) is 0 Å². The predicted octanol–water partition coefficient (Wildman–Crippen LogP) is 4.27. The summed E-state index contributed by atoms with van der Waals surface area (Å²) in [5, 5.41) is 4.16. The van der Waals surface area contributed by atoms with Crippen molar-refractivity contribution in [3.8, 4) is 11.3 Å². The van der Waals surface area contributed by atoms with Crippen LogP contribution in [0, 0.1) is 0 Å². The van der Waals surface area contributed by atoms with E-state index in [1.165, 1.54) is 0 Å². The van der Waals surface area contributed by atoms with Crippen LogP contribution in [0.1, 0.15) is 26.5 Å². The largest absolute Gasteiger partial charge is 0.227 e. The fraction of sp³-hybridized carbons (Fsp3) is 0.333. The van der Waals surface area contributed by atoms with Crippen molar-refractivity contribution in [2.45, 2.75) is 26.2 Å². The predicted molar refractivity (Wildman–Crippen MR) is 71.7 cm³/mol.